The molecule has 2 atom stereocenters. The minimum absolute atomic E-state index is 0.864. The van der Waals surface area contributed by atoms with Crippen LogP contribution in [0.5, 0.6) is 0 Å². The number of nitrogens with zero attached hydrogens (tertiary/aromatic N) is 1. The fourth-order valence-electron chi connectivity index (χ4n) is 4.03. The van der Waals surface area contributed by atoms with Crippen LogP contribution in [0.15, 0.2) is 24.3 Å². The highest BCUT2D eigenvalue weighted by Gasteiger charge is 2.19. The van der Waals surface area contributed by atoms with E-state index in [0.717, 1.165) is 18.4 Å². The fourth-order valence-corrected chi connectivity index (χ4v) is 4.03. The molecule has 21 heavy (non-hydrogen) atoms. The minimum atomic E-state index is 0.864. The number of piperidine rings is 1. The highest BCUT2D eigenvalue weighted by Crippen LogP contribution is 2.31. The van der Waals surface area contributed by atoms with Gasteiger partial charge in [0.1, 0.15) is 0 Å². The first-order valence-electron chi connectivity index (χ1n) is 8.91. The molecule has 2 heteroatoms. The highest BCUT2D eigenvalue weighted by molar-refractivity contribution is 5.70. The lowest BCUT2D eigenvalue weighted by molar-refractivity contribution is 0.293. The quantitative estimate of drug-likeness (QED) is 0.845. The Balaban J connectivity index is 1.62. The molecule has 0 bridgehead atoms. The largest absolute Gasteiger partial charge is 0.383 e. The van der Waals surface area contributed by atoms with E-state index in [2.05, 4.69) is 41.4 Å². The minimum Gasteiger partial charge on any atom is -0.383 e. The molecule has 0 spiro atoms. The van der Waals surface area contributed by atoms with Gasteiger partial charge in [0.05, 0.1) is 11.4 Å². The van der Waals surface area contributed by atoms with Gasteiger partial charge in [-0.2, -0.15) is 0 Å². The van der Waals surface area contributed by atoms with Gasteiger partial charge in [0.15, 0.2) is 0 Å². The van der Waals surface area contributed by atoms with Gasteiger partial charge in [0.25, 0.3) is 0 Å². The summed E-state index contributed by atoms with van der Waals surface area (Å²) in [5, 5.41) is 3.76. The molecule has 2 unspecified atom stereocenters. The van der Waals surface area contributed by atoms with Crippen LogP contribution in [0.1, 0.15) is 51.9 Å². The van der Waals surface area contributed by atoms with Crippen molar-refractivity contribution in [3.05, 3.63) is 24.3 Å². The summed E-state index contributed by atoms with van der Waals surface area (Å²) in [4.78, 5) is 2.56. The molecule has 2 nitrogen and oxygen atoms in total. The Bertz CT molecular complexity index is 437. The van der Waals surface area contributed by atoms with E-state index < -0.39 is 0 Å². The maximum atomic E-state index is 3.76. The number of rotatable bonds is 4. The van der Waals surface area contributed by atoms with Crippen LogP contribution in [0, 0.1) is 11.8 Å². The second kappa shape index (κ2) is 7.20. The van der Waals surface area contributed by atoms with Gasteiger partial charge in [0, 0.05) is 19.6 Å². The van der Waals surface area contributed by atoms with Gasteiger partial charge in [-0.05, 0) is 56.1 Å². The molecule has 2 fully saturated rings. The summed E-state index contributed by atoms with van der Waals surface area (Å²) in [6.45, 7) is 6.00. The van der Waals surface area contributed by atoms with E-state index in [1.807, 2.05) is 0 Å². The number of hydrogen-bond donors (Lipinski definition) is 1. The molecule has 1 aliphatic heterocycles. The summed E-state index contributed by atoms with van der Waals surface area (Å²) in [7, 11) is 0. The van der Waals surface area contributed by atoms with Gasteiger partial charge in [-0.15, -0.1) is 0 Å². The lowest BCUT2D eigenvalue weighted by Crippen LogP contribution is -2.30. The van der Waals surface area contributed by atoms with Gasteiger partial charge in [0.2, 0.25) is 0 Å². The maximum Gasteiger partial charge on any atom is 0.0602 e. The second-order valence-electron chi connectivity index (χ2n) is 7.08. The van der Waals surface area contributed by atoms with Crippen molar-refractivity contribution in [1.82, 2.24) is 0 Å². The van der Waals surface area contributed by atoms with Crippen LogP contribution in [-0.2, 0) is 0 Å². The van der Waals surface area contributed by atoms with Crippen molar-refractivity contribution >= 4 is 11.4 Å². The van der Waals surface area contributed by atoms with Crippen LogP contribution in [0.2, 0.25) is 0 Å². The lowest BCUT2D eigenvalue weighted by atomic mass is 9.82. The molecule has 1 N–H and O–H groups in total. The number of hydrogen-bond acceptors (Lipinski definition) is 2. The fraction of sp³-hybridized carbons (Fsp3) is 0.684. The van der Waals surface area contributed by atoms with Gasteiger partial charge < -0.3 is 10.2 Å². The van der Waals surface area contributed by atoms with E-state index in [1.165, 1.54) is 69.4 Å². The number of anilines is 2. The molecule has 1 saturated carbocycles. The number of para-hydroxylation sites is 2. The Morgan fingerprint density at radius 1 is 1.05 bits per heavy atom. The zero-order valence-electron chi connectivity index (χ0n) is 13.5. The smallest absolute Gasteiger partial charge is 0.0602 e. The molecule has 3 rings (SSSR count). The third-order valence-electron chi connectivity index (χ3n) is 5.23. The summed E-state index contributed by atoms with van der Waals surface area (Å²) >= 11 is 0. The molecule has 1 aromatic rings. The van der Waals surface area contributed by atoms with Crippen molar-refractivity contribution in [2.45, 2.75) is 51.9 Å². The van der Waals surface area contributed by atoms with E-state index in [-0.39, 0.29) is 0 Å². The van der Waals surface area contributed by atoms with E-state index in [4.69, 9.17) is 0 Å². The lowest BCUT2D eigenvalue weighted by Gasteiger charge is -2.32. The molecule has 116 valence electrons. The van der Waals surface area contributed by atoms with Crippen LogP contribution >= 0.6 is 0 Å². The molecule has 1 heterocycles. The molecule has 0 amide bonds. The van der Waals surface area contributed by atoms with Crippen LogP contribution < -0.4 is 10.2 Å². The van der Waals surface area contributed by atoms with Gasteiger partial charge in [-0.25, -0.2) is 0 Å². The first kappa shape index (κ1) is 14.7. The Kier molecular flexibility index (Phi) is 5.05. The van der Waals surface area contributed by atoms with E-state index >= 15 is 0 Å². The van der Waals surface area contributed by atoms with Crippen LogP contribution in [0.3, 0.4) is 0 Å². The Labute approximate surface area is 129 Å². The molecule has 0 aromatic heterocycles. The molecule has 1 aliphatic carbocycles. The SMILES string of the molecule is CC1CCCC(CNc2ccccc2N2CCCCC2)C1. The van der Waals surface area contributed by atoms with Crippen molar-refractivity contribution < 1.29 is 0 Å². The summed E-state index contributed by atoms with van der Waals surface area (Å²) in [6.07, 6.45) is 9.74. The average Bonchev–Trinajstić information content (AvgIpc) is 2.54. The van der Waals surface area contributed by atoms with Crippen LogP contribution in [0.25, 0.3) is 0 Å². The van der Waals surface area contributed by atoms with Crippen LogP contribution in [0.4, 0.5) is 11.4 Å². The zero-order valence-corrected chi connectivity index (χ0v) is 13.5. The number of nitrogens with one attached hydrogen (secondary N) is 1. The molecular weight excluding hydrogens is 256 g/mol. The third kappa shape index (κ3) is 3.93. The molecule has 0 radical (unpaired) electrons. The first-order valence-corrected chi connectivity index (χ1v) is 8.91. The first-order chi connectivity index (χ1) is 10.3. The summed E-state index contributed by atoms with van der Waals surface area (Å²) in [5.41, 5.74) is 2.76. The average molecular weight is 286 g/mol. The third-order valence-corrected chi connectivity index (χ3v) is 5.23. The molecule has 2 aliphatic rings. The van der Waals surface area contributed by atoms with Crippen molar-refractivity contribution in [2.75, 3.05) is 29.9 Å². The van der Waals surface area contributed by atoms with Crippen molar-refractivity contribution in [2.24, 2.45) is 11.8 Å². The summed E-state index contributed by atoms with van der Waals surface area (Å²) in [5.74, 6) is 1.78. The second-order valence-corrected chi connectivity index (χ2v) is 7.08. The molecular formula is C19H30N2. The predicted octanol–water partition coefficient (Wildman–Crippen LogP) is 4.92. The number of benzene rings is 1. The predicted molar refractivity (Wildman–Crippen MR) is 92.1 cm³/mol. The summed E-state index contributed by atoms with van der Waals surface area (Å²) in [6, 6.07) is 8.89. The van der Waals surface area contributed by atoms with E-state index in [1.54, 1.807) is 0 Å². The van der Waals surface area contributed by atoms with Crippen LogP contribution in [-0.4, -0.2) is 19.6 Å². The van der Waals surface area contributed by atoms with Gasteiger partial charge in [-0.1, -0.05) is 31.9 Å². The Morgan fingerprint density at radius 2 is 1.86 bits per heavy atom. The van der Waals surface area contributed by atoms with Crippen molar-refractivity contribution in [1.29, 1.82) is 0 Å². The van der Waals surface area contributed by atoms with Crippen molar-refractivity contribution in [3.63, 3.8) is 0 Å². The van der Waals surface area contributed by atoms with Crippen molar-refractivity contribution in [3.8, 4) is 0 Å². The standard InChI is InChI=1S/C19H30N2/c1-16-8-7-9-17(14-16)15-20-18-10-3-4-11-19(18)21-12-5-2-6-13-21/h3-4,10-11,16-17,20H,2,5-9,12-15H2,1H3. The summed E-state index contributed by atoms with van der Waals surface area (Å²) < 4.78 is 0. The van der Waals surface area contributed by atoms with E-state index in [0.29, 0.717) is 0 Å². The normalized spacial score (nSPS) is 26.6. The Hall–Kier alpha value is -1.18. The molecule has 1 saturated heterocycles. The monoisotopic (exact) mass is 286 g/mol. The highest BCUT2D eigenvalue weighted by atomic mass is 15.1. The topological polar surface area (TPSA) is 15.3 Å². The zero-order chi connectivity index (χ0) is 14.5. The van der Waals surface area contributed by atoms with Gasteiger partial charge >= 0.3 is 0 Å². The molecule has 1 aromatic carbocycles. The maximum absolute atomic E-state index is 3.76. The Morgan fingerprint density at radius 3 is 2.67 bits per heavy atom. The van der Waals surface area contributed by atoms with E-state index in [9.17, 15) is 0 Å². The van der Waals surface area contributed by atoms with Gasteiger partial charge in [-0.3, -0.25) is 0 Å².